The van der Waals surface area contributed by atoms with Crippen molar-refractivity contribution >= 4 is 15.8 Å². The number of halogens is 2. The topological polar surface area (TPSA) is 153 Å². The summed E-state index contributed by atoms with van der Waals surface area (Å²) in [5.74, 6) is -7.27. The van der Waals surface area contributed by atoms with Crippen LogP contribution < -0.4 is 5.73 Å². The highest BCUT2D eigenvalue weighted by molar-refractivity contribution is 7.86. The molecule has 9 nitrogen and oxygen atoms in total. The van der Waals surface area contributed by atoms with Gasteiger partial charge in [-0.25, -0.2) is 13.0 Å². The lowest BCUT2D eigenvalue weighted by Gasteiger charge is -2.35. The maximum absolute atomic E-state index is 13.1. The van der Waals surface area contributed by atoms with E-state index in [0.29, 0.717) is 0 Å². The van der Waals surface area contributed by atoms with Gasteiger partial charge < -0.3 is 15.9 Å². The minimum Gasteiger partial charge on any atom is -0.342 e. The third-order valence-electron chi connectivity index (χ3n) is 3.82. The van der Waals surface area contributed by atoms with E-state index >= 15 is 0 Å². The molecule has 2 rings (SSSR count). The molecule has 12 heteroatoms. The van der Waals surface area contributed by atoms with Gasteiger partial charge in [0.2, 0.25) is 5.92 Å². The number of benzene rings is 1. The maximum Gasteiger partial charge on any atom is 0.301 e. The molecule has 0 aliphatic heterocycles. The van der Waals surface area contributed by atoms with E-state index in [9.17, 15) is 37.5 Å². The second-order valence-corrected chi connectivity index (χ2v) is 7.12. The van der Waals surface area contributed by atoms with E-state index in [1.807, 2.05) is 13.8 Å². The monoisotopic (exact) mass is 428 g/mol. The molecule has 0 unspecified atom stereocenters. The van der Waals surface area contributed by atoms with Crippen molar-refractivity contribution in [3.63, 3.8) is 0 Å². The zero-order valence-electron chi connectivity index (χ0n) is 15.8. The summed E-state index contributed by atoms with van der Waals surface area (Å²) in [5, 5.41) is 30.2. The Morgan fingerprint density at radius 3 is 2.00 bits per heavy atom. The fraction of sp³-hybridized carbons (Fsp3) is 0.625. The van der Waals surface area contributed by atoms with Crippen LogP contribution in [0.15, 0.2) is 29.2 Å². The second kappa shape index (κ2) is 10.7. The molecule has 162 valence electrons. The van der Waals surface area contributed by atoms with Crippen molar-refractivity contribution in [3.05, 3.63) is 34.4 Å². The fourth-order valence-electron chi connectivity index (χ4n) is 2.43. The van der Waals surface area contributed by atoms with Crippen molar-refractivity contribution in [2.45, 2.75) is 56.3 Å². The maximum atomic E-state index is 13.1. The van der Waals surface area contributed by atoms with Gasteiger partial charge in [0.05, 0.1) is 9.82 Å². The summed E-state index contributed by atoms with van der Waals surface area (Å²) >= 11 is 0. The number of nitrogens with zero attached hydrogens (tertiary/aromatic N) is 1. The Morgan fingerprint density at radius 2 is 1.61 bits per heavy atom. The lowest BCUT2D eigenvalue weighted by Crippen LogP contribution is -2.45. The highest BCUT2D eigenvalue weighted by Crippen LogP contribution is 2.41. The fourth-order valence-corrected chi connectivity index (χ4v) is 3.45. The number of nitrogens with two attached hydrogens (primary N) is 1. The number of alkyl halides is 2. The number of non-ortho nitro benzene ring substituents is 1. The zero-order chi connectivity index (χ0) is 22.2. The molecule has 1 aromatic carbocycles. The highest BCUT2D eigenvalue weighted by Gasteiger charge is 2.46. The lowest BCUT2D eigenvalue weighted by atomic mass is 9.85. The Bertz CT molecular complexity index is 715. The van der Waals surface area contributed by atoms with Crippen LogP contribution >= 0.6 is 0 Å². The summed E-state index contributed by atoms with van der Waals surface area (Å²) in [6, 6.07) is 3.57. The van der Waals surface area contributed by atoms with Crippen molar-refractivity contribution in [1.82, 2.24) is 0 Å². The van der Waals surface area contributed by atoms with Gasteiger partial charge in [-0.1, -0.05) is 13.8 Å². The number of aliphatic hydroxyl groups is 2. The third kappa shape index (κ3) is 7.36. The molecule has 0 atom stereocenters. The Morgan fingerprint density at radius 1 is 1.18 bits per heavy atom. The van der Waals surface area contributed by atoms with Crippen LogP contribution in [0.25, 0.3) is 0 Å². The van der Waals surface area contributed by atoms with E-state index in [2.05, 4.69) is 9.92 Å². The number of hydrogen-bond donors (Lipinski definition) is 3. The molecule has 0 heterocycles. The van der Waals surface area contributed by atoms with Gasteiger partial charge in [0.15, 0.2) is 0 Å². The van der Waals surface area contributed by atoms with Crippen molar-refractivity contribution in [2.24, 2.45) is 11.7 Å². The second-order valence-electron chi connectivity index (χ2n) is 5.58. The van der Waals surface area contributed by atoms with Gasteiger partial charge >= 0.3 is 10.1 Å². The molecule has 0 bridgehead atoms. The van der Waals surface area contributed by atoms with Crippen LogP contribution in [0.1, 0.15) is 39.5 Å². The van der Waals surface area contributed by atoms with Crippen LogP contribution in [0.4, 0.5) is 14.5 Å². The molecule has 4 N–H and O–H groups in total. The van der Waals surface area contributed by atoms with Crippen LogP contribution in [-0.2, 0) is 14.3 Å². The lowest BCUT2D eigenvalue weighted by molar-refractivity contribution is -0.384. The molecule has 0 spiro atoms. The molecule has 0 amide bonds. The van der Waals surface area contributed by atoms with E-state index < -0.39 is 50.6 Å². The Balaban J connectivity index is 0.00000171. The minimum absolute atomic E-state index is 0.324. The van der Waals surface area contributed by atoms with Crippen LogP contribution in [0.2, 0.25) is 0 Å². The molecular formula is C16H26F2N2O7S. The Labute approximate surface area is 162 Å². The molecule has 1 aliphatic carbocycles. The number of rotatable bonds is 5. The number of nitro groups is 1. The van der Waals surface area contributed by atoms with Crippen LogP contribution in [-0.4, -0.2) is 42.5 Å². The molecule has 1 aliphatic rings. The normalized spacial score (nSPS) is 16.9. The predicted octanol–water partition coefficient (Wildman–Crippen LogP) is 2.37. The molecule has 1 saturated carbocycles. The first-order valence-electron chi connectivity index (χ1n) is 8.53. The number of hydrogen-bond acceptors (Lipinski definition) is 8. The average molecular weight is 428 g/mol. The first-order chi connectivity index (χ1) is 12.9. The highest BCUT2D eigenvalue weighted by atomic mass is 32.2. The Kier molecular flexibility index (Phi) is 10.1. The first-order valence-corrected chi connectivity index (χ1v) is 9.94. The van der Waals surface area contributed by atoms with E-state index in [1.165, 1.54) is 7.05 Å². The van der Waals surface area contributed by atoms with Gasteiger partial charge in [0.1, 0.15) is 0 Å². The summed E-state index contributed by atoms with van der Waals surface area (Å²) < 4.78 is 54.7. The van der Waals surface area contributed by atoms with Gasteiger partial charge in [-0.05, 0) is 32.0 Å². The standard InChI is InChI=1S/C13H15F2NO7S.C2H6.CH5N/c14-12(15)7-5-9(6-8-12)13(17,18)23-24(21,22)11-3-1-10(2-4-11)16(19)20;2*1-2/h1-4,9,17-18H,5-8H2;1-2H3;2H2,1H3. The van der Waals surface area contributed by atoms with Crippen LogP contribution in [0.3, 0.4) is 0 Å². The Hall–Kier alpha value is -1.73. The third-order valence-corrected chi connectivity index (χ3v) is 5.13. The van der Waals surface area contributed by atoms with Crippen molar-refractivity contribution in [3.8, 4) is 0 Å². The first kappa shape index (κ1) is 26.3. The molecule has 28 heavy (non-hydrogen) atoms. The largest absolute Gasteiger partial charge is 0.342 e. The molecule has 0 saturated heterocycles. The average Bonchev–Trinajstić information content (AvgIpc) is 2.64. The summed E-state index contributed by atoms with van der Waals surface area (Å²) in [6.45, 7) is 4.00. The van der Waals surface area contributed by atoms with Gasteiger partial charge in [-0.3, -0.25) is 10.1 Å². The molecule has 1 fully saturated rings. The molecule has 0 aromatic heterocycles. The van der Waals surface area contributed by atoms with Crippen molar-refractivity contribution in [1.29, 1.82) is 0 Å². The van der Waals surface area contributed by atoms with Gasteiger partial charge in [0.25, 0.3) is 11.7 Å². The molecule has 0 radical (unpaired) electrons. The smallest absolute Gasteiger partial charge is 0.301 e. The van der Waals surface area contributed by atoms with Crippen LogP contribution in [0.5, 0.6) is 0 Å². The minimum atomic E-state index is -4.65. The molecular weight excluding hydrogens is 402 g/mol. The van der Waals surface area contributed by atoms with E-state index in [-0.39, 0.29) is 18.5 Å². The predicted molar refractivity (Wildman–Crippen MR) is 96.9 cm³/mol. The quantitative estimate of drug-likeness (QED) is 0.280. The summed E-state index contributed by atoms with van der Waals surface area (Å²) in [5.41, 5.74) is 4.14. The van der Waals surface area contributed by atoms with Gasteiger partial charge in [-0.15, -0.1) is 0 Å². The van der Waals surface area contributed by atoms with Gasteiger partial charge in [-0.2, -0.15) is 8.42 Å². The van der Waals surface area contributed by atoms with E-state index in [0.717, 1.165) is 24.3 Å². The van der Waals surface area contributed by atoms with Crippen LogP contribution in [0, 0.1) is 16.0 Å². The van der Waals surface area contributed by atoms with Crippen molar-refractivity contribution in [2.75, 3.05) is 7.05 Å². The molecule has 1 aromatic rings. The van der Waals surface area contributed by atoms with Gasteiger partial charge in [0, 0.05) is 30.9 Å². The summed E-state index contributed by atoms with van der Waals surface area (Å²) in [6.07, 6.45) is -1.87. The van der Waals surface area contributed by atoms with E-state index in [1.54, 1.807) is 0 Å². The summed E-state index contributed by atoms with van der Waals surface area (Å²) in [4.78, 5) is 9.27. The van der Waals surface area contributed by atoms with E-state index in [4.69, 9.17) is 0 Å². The summed E-state index contributed by atoms with van der Waals surface area (Å²) in [7, 11) is -3.15. The zero-order valence-corrected chi connectivity index (χ0v) is 16.7. The SMILES string of the molecule is CC.CN.O=[N+]([O-])c1ccc(S(=O)(=O)OC(O)(O)C2CCC(F)(F)CC2)cc1. The number of nitro benzene ring substituents is 1. The van der Waals surface area contributed by atoms with Crippen molar-refractivity contribution < 1.29 is 36.5 Å².